The molecule has 3 rings (SSSR count). The van der Waals surface area contributed by atoms with Crippen LogP contribution in [-0.2, 0) is 11.8 Å². The summed E-state index contributed by atoms with van der Waals surface area (Å²) in [6.07, 6.45) is -0.141. The maximum atomic E-state index is 11.9. The molecule has 0 bridgehead atoms. The molecule has 10 heteroatoms. The van der Waals surface area contributed by atoms with Gasteiger partial charge < -0.3 is 9.47 Å². The number of nitro benzene ring substituents is 1. The molecule has 2 aromatic rings. The van der Waals surface area contributed by atoms with Crippen LogP contribution in [-0.4, -0.2) is 44.0 Å². The van der Waals surface area contributed by atoms with Crippen molar-refractivity contribution in [2.45, 2.75) is 6.10 Å². The van der Waals surface area contributed by atoms with Crippen LogP contribution in [0.15, 0.2) is 23.0 Å². The predicted molar refractivity (Wildman–Crippen MR) is 68.5 cm³/mol. The quantitative estimate of drug-likeness (QED) is 0.559. The van der Waals surface area contributed by atoms with E-state index in [0.717, 1.165) is 9.36 Å². The van der Waals surface area contributed by atoms with Crippen molar-refractivity contribution in [1.82, 2.24) is 19.8 Å². The first-order valence-electron chi connectivity index (χ1n) is 6.08. The first-order valence-corrected chi connectivity index (χ1v) is 6.08. The van der Waals surface area contributed by atoms with Crippen LogP contribution in [0.5, 0.6) is 5.75 Å². The lowest BCUT2D eigenvalue weighted by molar-refractivity contribution is -0.384. The zero-order chi connectivity index (χ0) is 15.0. The Bertz CT molecular complexity index is 748. The van der Waals surface area contributed by atoms with Gasteiger partial charge in [-0.1, -0.05) is 0 Å². The molecular weight excluding hydrogens is 282 g/mol. The molecule has 0 N–H and O–H groups in total. The summed E-state index contributed by atoms with van der Waals surface area (Å²) < 4.78 is 12.6. The van der Waals surface area contributed by atoms with E-state index >= 15 is 0 Å². The van der Waals surface area contributed by atoms with Gasteiger partial charge in [0.25, 0.3) is 5.69 Å². The summed E-state index contributed by atoms with van der Waals surface area (Å²) in [7, 11) is 1.43. The second-order valence-electron chi connectivity index (χ2n) is 4.48. The highest BCUT2D eigenvalue weighted by Gasteiger charge is 2.24. The molecule has 110 valence electrons. The van der Waals surface area contributed by atoms with Gasteiger partial charge in [-0.25, -0.2) is 4.79 Å². The highest BCUT2D eigenvalue weighted by Crippen LogP contribution is 2.28. The fraction of sp³-hybridized carbons (Fsp3) is 0.364. The maximum absolute atomic E-state index is 11.9. The topological polar surface area (TPSA) is 114 Å². The zero-order valence-electron chi connectivity index (χ0n) is 11.0. The number of hydrogen-bond acceptors (Lipinski definition) is 7. The number of benzene rings is 1. The summed E-state index contributed by atoms with van der Waals surface area (Å²) in [5.74, 6) is 0.316. The number of nitrogens with zero attached hydrogens (tertiary/aromatic N) is 5. The number of aromatic nitrogens is 4. The molecule has 0 unspecified atom stereocenters. The van der Waals surface area contributed by atoms with Crippen molar-refractivity contribution in [3.05, 3.63) is 38.8 Å². The molecule has 1 aliphatic heterocycles. The van der Waals surface area contributed by atoms with E-state index in [1.807, 2.05) is 0 Å². The Balaban J connectivity index is 2.08. The van der Waals surface area contributed by atoms with E-state index in [4.69, 9.17) is 9.47 Å². The lowest BCUT2D eigenvalue weighted by Crippen LogP contribution is -2.39. The van der Waals surface area contributed by atoms with Gasteiger partial charge in [-0.3, -0.25) is 10.1 Å². The minimum atomic E-state index is -0.554. The third-order valence-electron chi connectivity index (χ3n) is 3.00. The number of ether oxygens (including phenoxy) is 2. The van der Waals surface area contributed by atoms with Gasteiger partial charge in [0.1, 0.15) is 17.5 Å². The molecule has 2 heterocycles. The summed E-state index contributed by atoms with van der Waals surface area (Å²) in [6.45, 7) is 0.873. The second-order valence-corrected chi connectivity index (χ2v) is 4.48. The lowest BCUT2D eigenvalue weighted by atomic mass is 10.2. The van der Waals surface area contributed by atoms with E-state index in [1.165, 1.54) is 25.2 Å². The number of tetrazole rings is 1. The molecule has 0 radical (unpaired) electrons. The molecular formula is C11H11N5O5. The van der Waals surface area contributed by atoms with E-state index in [0.29, 0.717) is 19.0 Å². The lowest BCUT2D eigenvalue weighted by Gasteiger charge is -2.27. The Morgan fingerprint density at radius 2 is 2.19 bits per heavy atom. The van der Waals surface area contributed by atoms with Crippen LogP contribution in [0.4, 0.5) is 5.69 Å². The van der Waals surface area contributed by atoms with E-state index in [9.17, 15) is 14.9 Å². The van der Waals surface area contributed by atoms with Crippen molar-refractivity contribution in [3.8, 4) is 11.4 Å². The summed E-state index contributed by atoms with van der Waals surface area (Å²) >= 11 is 0. The van der Waals surface area contributed by atoms with Gasteiger partial charge in [0.15, 0.2) is 0 Å². The van der Waals surface area contributed by atoms with Crippen LogP contribution in [0.1, 0.15) is 0 Å². The Kier molecular flexibility index (Phi) is 3.14. The predicted octanol–water partition coefficient (Wildman–Crippen LogP) is -0.348. The minimum absolute atomic E-state index is 0.141. The van der Waals surface area contributed by atoms with Gasteiger partial charge in [-0.05, 0) is 16.5 Å². The monoisotopic (exact) mass is 293 g/mol. The van der Waals surface area contributed by atoms with E-state index in [1.54, 1.807) is 0 Å². The second kappa shape index (κ2) is 4.98. The molecule has 1 aromatic heterocycles. The van der Waals surface area contributed by atoms with E-state index < -0.39 is 10.6 Å². The highest BCUT2D eigenvalue weighted by atomic mass is 16.6. The highest BCUT2D eigenvalue weighted by molar-refractivity contribution is 5.53. The first kappa shape index (κ1) is 13.2. The minimum Gasteiger partial charge on any atom is -0.483 e. The van der Waals surface area contributed by atoms with Gasteiger partial charge in [0, 0.05) is 19.2 Å². The Labute approximate surface area is 117 Å². The molecule has 1 fully saturated rings. The van der Waals surface area contributed by atoms with Gasteiger partial charge in [-0.2, -0.15) is 9.36 Å². The summed E-state index contributed by atoms with van der Waals surface area (Å²) in [6, 6.07) is 3.97. The fourth-order valence-electron chi connectivity index (χ4n) is 1.81. The third kappa shape index (κ3) is 2.36. The number of aryl methyl sites for hydroxylation is 1. The molecule has 0 amide bonds. The molecule has 0 aliphatic carbocycles. The molecule has 0 saturated carbocycles. The SMILES string of the molecule is Cn1nnn(-c2cc([N+](=O)[O-])ccc2OC2COC2)c1=O. The zero-order valence-corrected chi connectivity index (χ0v) is 11.0. The Morgan fingerprint density at radius 3 is 2.71 bits per heavy atom. The molecule has 10 nitrogen and oxygen atoms in total. The largest absolute Gasteiger partial charge is 0.483 e. The van der Waals surface area contributed by atoms with Crippen LogP contribution >= 0.6 is 0 Å². The molecule has 0 atom stereocenters. The fourth-order valence-corrected chi connectivity index (χ4v) is 1.81. The van der Waals surface area contributed by atoms with Crippen LogP contribution in [0.3, 0.4) is 0 Å². The van der Waals surface area contributed by atoms with Crippen LogP contribution in [0, 0.1) is 10.1 Å². The standard InChI is InChI=1S/C11H11N5O5/c1-14-11(17)15(13-12-14)9-4-7(16(18)19)2-3-10(9)21-8-5-20-6-8/h2-4,8H,5-6H2,1H3. The summed E-state index contributed by atoms with van der Waals surface area (Å²) in [4.78, 5) is 22.3. The van der Waals surface area contributed by atoms with Crippen molar-refractivity contribution in [1.29, 1.82) is 0 Å². The van der Waals surface area contributed by atoms with E-state index in [-0.39, 0.29) is 17.5 Å². The van der Waals surface area contributed by atoms with Crippen molar-refractivity contribution < 1.29 is 14.4 Å². The van der Waals surface area contributed by atoms with Crippen molar-refractivity contribution >= 4 is 5.69 Å². The van der Waals surface area contributed by atoms with Crippen molar-refractivity contribution in [2.24, 2.45) is 7.05 Å². The average Bonchev–Trinajstić information content (AvgIpc) is 2.74. The maximum Gasteiger partial charge on any atom is 0.368 e. The van der Waals surface area contributed by atoms with Gasteiger partial charge in [0.05, 0.1) is 18.1 Å². The number of hydrogen-bond donors (Lipinski definition) is 0. The third-order valence-corrected chi connectivity index (χ3v) is 3.00. The van der Waals surface area contributed by atoms with Crippen molar-refractivity contribution in [3.63, 3.8) is 0 Å². The van der Waals surface area contributed by atoms with Crippen LogP contribution in [0.25, 0.3) is 5.69 Å². The number of nitro groups is 1. The number of rotatable bonds is 4. The van der Waals surface area contributed by atoms with Gasteiger partial charge >= 0.3 is 5.69 Å². The van der Waals surface area contributed by atoms with Crippen LogP contribution < -0.4 is 10.4 Å². The molecule has 21 heavy (non-hydrogen) atoms. The molecule has 0 spiro atoms. The number of non-ortho nitro benzene ring substituents is 1. The van der Waals surface area contributed by atoms with Gasteiger partial charge in [0.2, 0.25) is 0 Å². The van der Waals surface area contributed by atoms with Gasteiger partial charge in [-0.15, -0.1) is 0 Å². The summed E-state index contributed by atoms with van der Waals surface area (Å²) in [5, 5.41) is 18.2. The van der Waals surface area contributed by atoms with E-state index in [2.05, 4.69) is 10.4 Å². The van der Waals surface area contributed by atoms with Crippen LogP contribution in [0.2, 0.25) is 0 Å². The average molecular weight is 293 g/mol. The molecule has 1 saturated heterocycles. The first-order chi connectivity index (χ1) is 10.1. The van der Waals surface area contributed by atoms with Crippen molar-refractivity contribution in [2.75, 3.05) is 13.2 Å². The molecule has 1 aliphatic rings. The Hall–Kier alpha value is -2.75. The Morgan fingerprint density at radius 1 is 1.43 bits per heavy atom. The summed E-state index contributed by atoms with van der Waals surface area (Å²) in [5.41, 5.74) is -0.515. The normalized spacial score (nSPS) is 14.7. The molecule has 1 aromatic carbocycles. The smallest absolute Gasteiger partial charge is 0.368 e.